The van der Waals surface area contributed by atoms with Gasteiger partial charge in [-0.05, 0) is 32.1 Å². The molecule has 1 N–H and O–H groups in total. The number of aliphatic hydroxyl groups is 1. The summed E-state index contributed by atoms with van der Waals surface area (Å²) in [7, 11) is -3.00. The number of hydrogen-bond acceptors (Lipinski definition) is 4. The van der Waals surface area contributed by atoms with Crippen LogP contribution in [0.2, 0.25) is 0 Å². The average molecular weight is 285 g/mol. The van der Waals surface area contributed by atoms with Crippen molar-refractivity contribution in [2.45, 2.75) is 27.0 Å². The van der Waals surface area contributed by atoms with Crippen molar-refractivity contribution >= 4 is 12.7 Å². The van der Waals surface area contributed by atoms with Crippen molar-refractivity contribution in [3.05, 3.63) is 30.3 Å². The Labute approximate surface area is 115 Å². The molecule has 0 aliphatic carbocycles. The topological polar surface area (TPSA) is 49.8 Å². The van der Waals surface area contributed by atoms with Crippen LogP contribution in [-0.4, -0.2) is 42.1 Å². The first-order valence-corrected chi connectivity index (χ1v) is 8.59. The Morgan fingerprint density at radius 1 is 1.21 bits per heavy atom. The van der Waals surface area contributed by atoms with Crippen molar-refractivity contribution in [1.29, 1.82) is 0 Å². The minimum Gasteiger partial charge on any atom is -0.378 e. The second-order valence-electron chi connectivity index (χ2n) is 4.31. The summed E-state index contributed by atoms with van der Waals surface area (Å²) in [5, 5.41) is 10.9. The van der Waals surface area contributed by atoms with Gasteiger partial charge in [0.25, 0.3) is 0 Å². The Morgan fingerprint density at radius 2 is 1.79 bits per heavy atom. The quantitative estimate of drug-likeness (QED) is 0.588. The predicted molar refractivity (Wildman–Crippen MR) is 79.1 cm³/mol. The molecule has 1 aromatic carbocycles. The molecule has 108 valence electrons. The van der Waals surface area contributed by atoms with E-state index < -0.39 is 13.6 Å². The maximum atomic E-state index is 13.0. The predicted octanol–water partition coefficient (Wildman–Crippen LogP) is 2.29. The Bertz CT molecular complexity index is 406. The smallest absolute Gasteiger partial charge is 0.236 e. The van der Waals surface area contributed by atoms with Gasteiger partial charge in [-0.1, -0.05) is 32.0 Å². The molecule has 2 unspecified atom stereocenters. The molecule has 0 saturated carbocycles. The number of hydrogen-bond donors (Lipinski definition) is 1. The van der Waals surface area contributed by atoms with Gasteiger partial charge in [0.1, 0.15) is 6.23 Å². The van der Waals surface area contributed by atoms with Gasteiger partial charge in [-0.25, -0.2) is 0 Å². The van der Waals surface area contributed by atoms with Crippen molar-refractivity contribution in [1.82, 2.24) is 4.90 Å². The number of rotatable bonds is 8. The SMILES string of the molecule is CCOP(=O)(CC(O)N(CC)CC)c1ccccc1. The minimum atomic E-state index is -3.00. The van der Waals surface area contributed by atoms with Crippen LogP contribution in [0.1, 0.15) is 20.8 Å². The molecule has 1 aromatic rings. The Kier molecular flexibility index (Phi) is 6.73. The van der Waals surface area contributed by atoms with Gasteiger partial charge in [-0.15, -0.1) is 0 Å². The number of benzene rings is 1. The van der Waals surface area contributed by atoms with Gasteiger partial charge < -0.3 is 9.63 Å². The highest BCUT2D eigenvalue weighted by molar-refractivity contribution is 7.67. The van der Waals surface area contributed by atoms with E-state index in [9.17, 15) is 9.67 Å². The van der Waals surface area contributed by atoms with Gasteiger partial charge >= 0.3 is 0 Å². The summed E-state index contributed by atoms with van der Waals surface area (Å²) >= 11 is 0. The summed E-state index contributed by atoms with van der Waals surface area (Å²) in [6, 6.07) is 9.15. The standard InChI is InChI=1S/C14H24NO3P/c1-4-15(5-2)14(16)12-19(17,18-6-3)13-10-8-7-9-11-13/h7-11,14,16H,4-6,12H2,1-3H3. The fourth-order valence-corrected chi connectivity index (χ4v) is 4.24. The van der Waals surface area contributed by atoms with E-state index in [-0.39, 0.29) is 6.16 Å². The molecule has 0 aliphatic heterocycles. The maximum Gasteiger partial charge on any atom is 0.236 e. The molecule has 4 nitrogen and oxygen atoms in total. The van der Waals surface area contributed by atoms with Crippen molar-refractivity contribution < 1.29 is 14.2 Å². The highest BCUT2D eigenvalue weighted by atomic mass is 31.2. The summed E-state index contributed by atoms with van der Waals surface area (Å²) in [4.78, 5) is 1.87. The second kappa shape index (κ2) is 7.81. The minimum absolute atomic E-state index is 0.131. The van der Waals surface area contributed by atoms with E-state index in [1.807, 2.05) is 43.9 Å². The molecule has 0 fully saturated rings. The molecule has 0 aliphatic rings. The molecular formula is C14H24NO3P. The van der Waals surface area contributed by atoms with Crippen LogP contribution in [-0.2, 0) is 9.09 Å². The molecule has 2 atom stereocenters. The molecular weight excluding hydrogens is 261 g/mol. The molecule has 0 heterocycles. The molecule has 0 amide bonds. The first-order valence-electron chi connectivity index (χ1n) is 6.78. The number of aliphatic hydroxyl groups excluding tert-OH is 1. The third-order valence-electron chi connectivity index (χ3n) is 3.12. The molecule has 1 rings (SSSR count). The van der Waals surface area contributed by atoms with Crippen LogP contribution in [0.25, 0.3) is 0 Å². The highest BCUT2D eigenvalue weighted by Crippen LogP contribution is 2.46. The molecule has 0 radical (unpaired) electrons. The first kappa shape index (κ1) is 16.4. The second-order valence-corrected chi connectivity index (χ2v) is 6.80. The van der Waals surface area contributed by atoms with E-state index in [0.29, 0.717) is 11.9 Å². The monoisotopic (exact) mass is 285 g/mol. The maximum absolute atomic E-state index is 13.0. The summed E-state index contributed by atoms with van der Waals surface area (Å²) in [6.45, 7) is 7.58. The average Bonchev–Trinajstić information content (AvgIpc) is 2.41. The molecule has 19 heavy (non-hydrogen) atoms. The molecule has 0 spiro atoms. The first-order chi connectivity index (χ1) is 9.07. The third kappa shape index (κ3) is 4.43. The van der Waals surface area contributed by atoms with Gasteiger partial charge in [-0.2, -0.15) is 0 Å². The van der Waals surface area contributed by atoms with E-state index in [2.05, 4.69) is 0 Å². The van der Waals surface area contributed by atoms with Crippen LogP contribution < -0.4 is 5.30 Å². The van der Waals surface area contributed by atoms with Gasteiger partial charge in [0.05, 0.1) is 12.8 Å². The van der Waals surface area contributed by atoms with E-state index in [4.69, 9.17) is 4.52 Å². The van der Waals surface area contributed by atoms with Gasteiger partial charge in [0.2, 0.25) is 7.37 Å². The Morgan fingerprint density at radius 3 is 2.26 bits per heavy atom. The highest BCUT2D eigenvalue weighted by Gasteiger charge is 2.30. The third-order valence-corrected chi connectivity index (χ3v) is 5.69. The van der Waals surface area contributed by atoms with Gasteiger partial charge in [0, 0.05) is 5.30 Å². The lowest BCUT2D eigenvalue weighted by molar-refractivity contribution is 0.0272. The molecule has 0 bridgehead atoms. The van der Waals surface area contributed by atoms with Crippen LogP contribution in [0.3, 0.4) is 0 Å². The Balaban J connectivity index is 2.92. The van der Waals surface area contributed by atoms with Crippen LogP contribution in [0.15, 0.2) is 30.3 Å². The summed E-state index contributed by atoms with van der Waals surface area (Å²) in [6.07, 6.45) is -0.611. The molecule has 5 heteroatoms. The van der Waals surface area contributed by atoms with Crippen LogP contribution in [0, 0.1) is 0 Å². The van der Waals surface area contributed by atoms with E-state index in [1.165, 1.54) is 0 Å². The van der Waals surface area contributed by atoms with Crippen molar-refractivity contribution in [3.63, 3.8) is 0 Å². The zero-order valence-electron chi connectivity index (χ0n) is 12.0. The lowest BCUT2D eigenvalue weighted by Crippen LogP contribution is -2.38. The fourth-order valence-electron chi connectivity index (χ4n) is 2.07. The van der Waals surface area contributed by atoms with Crippen LogP contribution in [0.4, 0.5) is 0 Å². The van der Waals surface area contributed by atoms with Gasteiger partial charge in [-0.3, -0.25) is 9.46 Å². The summed E-state index contributed by atoms with van der Waals surface area (Å²) in [5.74, 6) is 0. The van der Waals surface area contributed by atoms with Gasteiger partial charge in [0.15, 0.2) is 0 Å². The fraction of sp³-hybridized carbons (Fsp3) is 0.571. The largest absolute Gasteiger partial charge is 0.378 e. The lowest BCUT2D eigenvalue weighted by atomic mass is 10.4. The van der Waals surface area contributed by atoms with Crippen molar-refractivity contribution in [2.24, 2.45) is 0 Å². The van der Waals surface area contributed by atoms with Crippen LogP contribution in [0.5, 0.6) is 0 Å². The van der Waals surface area contributed by atoms with E-state index in [1.54, 1.807) is 12.1 Å². The van der Waals surface area contributed by atoms with Crippen molar-refractivity contribution in [3.8, 4) is 0 Å². The van der Waals surface area contributed by atoms with Crippen LogP contribution >= 0.6 is 7.37 Å². The van der Waals surface area contributed by atoms with Crippen molar-refractivity contribution in [2.75, 3.05) is 25.9 Å². The summed E-state index contributed by atoms with van der Waals surface area (Å²) < 4.78 is 18.4. The normalized spacial score (nSPS) is 16.3. The van der Waals surface area contributed by atoms with E-state index in [0.717, 1.165) is 13.1 Å². The van der Waals surface area contributed by atoms with E-state index >= 15 is 0 Å². The number of nitrogens with zero attached hydrogens (tertiary/aromatic N) is 1. The zero-order chi connectivity index (χ0) is 14.3. The lowest BCUT2D eigenvalue weighted by Gasteiger charge is -2.28. The Hall–Kier alpha value is -0.670. The zero-order valence-corrected chi connectivity index (χ0v) is 12.8. The molecule has 0 saturated heterocycles. The molecule has 0 aromatic heterocycles. The summed E-state index contributed by atoms with van der Waals surface area (Å²) in [5.41, 5.74) is 0.